The number of carbonyl (C=O) groups excluding carboxylic acids is 1. The van der Waals surface area contributed by atoms with Gasteiger partial charge in [0.05, 0.1) is 11.3 Å². The average Bonchev–Trinajstić information content (AvgIpc) is 2.77. The molecule has 0 bridgehead atoms. The molecule has 0 aliphatic heterocycles. The van der Waals surface area contributed by atoms with Crippen molar-refractivity contribution in [1.29, 1.82) is 0 Å². The fraction of sp³-hybridized carbons (Fsp3) is 0.200. The number of nitrogens with one attached hydrogen (secondary N) is 1. The number of rotatable bonds is 2. The Labute approximate surface area is 117 Å². The van der Waals surface area contributed by atoms with Crippen LogP contribution in [0, 0.1) is 18.8 Å². The van der Waals surface area contributed by atoms with Crippen molar-refractivity contribution in [2.75, 3.05) is 11.9 Å². The Bertz CT molecular complexity index is 675. The molecule has 1 heterocycles. The Hall–Kier alpha value is -2.58. The number of nitrogens with zero attached hydrogens (tertiary/aromatic N) is 2. The van der Waals surface area contributed by atoms with Gasteiger partial charge in [0.1, 0.15) is 6.61 Å². The van der Waals surface area contributed by atoms with Crippen molar-refractivity contribution in [3.63, 3.8) is 0 Å². The van der Waals surface area contributed by atoms with E-state index in [1.54, 1.807) is 49.1 Å². The van der Waals surface area contributed by atoms with Gasteiger partial charge < -0.3 is 10.4 Å². The summed E-state index contributed by atoms with van der Waals surface area (Å²) < 4.78 is 1.61. The molecule has 0 spiro atoms. The number of carbonyl (C=O) groups is 1. The highest BCUT2D eigenvalue weighted by atomic mass is 16.2. The van der Waals surface area contributed by atoms with E-state index in [9.17, 15) is 4.79 Å². The highest BCUT2D eigenvalue weighted by Gasteiger charge is 2.12. The second-order valence-electron chi connectivity index (χ2n) is 4.29. The molecule has 102 valence electrons. The van der Waals surface area contributed by atoms with Crippen LogP contribution in [0.15, 0.2) is 30.5 Å². The van der Waals surface area contributed by atoms with Crippen molar-refractivity contribution in [3.05, 3.63) is 47.3 Å². The van der Waals surface area contributed by atoms with Gasteiger partial charge >= 0.3 is 0 Å². The zero-order valence-corrected chi connectivity index (χ0v) is 11.3. The van der Waals surface area contributed by atoms with E-state index in [4.69, 9.17) is 5.11 Å². The third-order valence-electron chi connectivity index (χ3n) is 2.71. The average molecular weight is 269 g/mol. The number of aromatic nitrogens is 2. The summed E-state index contributed by atoms with van der Waals surface area (Å²) in [5.74, 6) is 5.17. The molecule has 1 aromatic heterocycles. The Kier molecular flexibility index (Phi) is 4.18. The Morgan fingerprint density at radius 1 is 1.40 bits per heavy atom. The van der Waals surface area contributed by atoms with Crippen molar-refractivity contribution >= 4 is 11.6 Å². The van der Waals surface area contributed by atoms with Crippen LogP contribution >= 0.6 is 0 Å². The number of benzene rings is 1. The smallest absolute Gasteiger partial charge is 0.259 e. The first-order chi connectivity index (χ1) is 9.60. The summed E-state index contributed by atoms with van der Waals surface area (Å²) in [4.78, 5) is 12.1. The minimum absolute atomic E-state index is 0.168. The molecule has 0 aliphatic carbocycles. The molecule has 0 unspecified atom stereocenters. The van der Waals surface area contributed by atoms with Crippen LogP contribution in [0.1, 0.15) is 21.6 Å². The molecule has 5 nitrogen and oxygen atoms in total. The molecule has 20 heavy (non-hydrogen) atoms. The number of amides is 1. The van der Waals surface area contributed by atoms with E-state index in [1.807, 2.05) is 0 Å². The van der Waals surface area contributed by atoms with Gasteiger partial charge in [-0.15, -0.1) is 0 Å². The molecular weight excluding hydrogens is 254 g/mol. The molecule has 5 heteroatoms. The largest absolute Gasteiger partial charge is 0.384 e. The molecule has 0 saturated heterocycles. The van der Waals surface area contributed by atoms with Gasteiger partial charge in [-0.2, -0.15) is 5.10 Å². The van der Waals surface area contributed by atoms with Crippen molar-refractivity contribution < 1.29 is 9.90 Å². The quantitative estimate of drug-likeness (QED) is 0.808. The number of hydrogen-bond donors (Lipinski definition) is 2. The predicted molar refractivity (Wildman–Crippen MR) is 76.3 cm³/mol. The molecule has 2 N–H and O–H groups in total. The van der Waals surface area contributed by atoms with E-state index in [2.05, 4.69) is 22.3 Å². The van der Waals surface area contributed by atoms with Gasteiger partial charge in [-0.25, -0.2) is 0 Å². The molecule has 2 aromatic rings. The highest BCUT2D eigenvalue weighted by Crippen LogP contribution is 2.12. The van der Waals surface area contributed by atoms with Gasteiger partial charge in [-0.05, 0) is 31.2 Å². The van der Waals surface area contributed by atoms with Crippen molar-refractivity contribution in [3.8, 4) is 11.8 Å². The maximum Gasteiger partial charge on any atom is 0.259 e. The van der Waals surface area contributed by atoms with Gasteiger partial charge in [0.25, 0.3) is 5.91 Å². The molecule has 0 radical (unpaired) electrons. The summed E-state index contributed by atoms with van der Waals surface area (Å²) >= 11 is 0. The van der Waals surface area contributed by atoms with E-state index >= 15 is 0 Å². The Morgan fingerprint density at radius 2 is 2.10 bits per heavy atom. The van der Waals surface area contributed by atoms with Gasteiger partial charge in [-0.1, -0.05) is 11.8 Å². The predicted octanol–water partition coefficient (Wildman–Crippen LogP) is 1.32. The lowest BCUT2D eigenvalue weighted by Gasteiger charge is -2.04. The Morgan fingerprint density at radius 3 is 2.65 bits per heavy atom. The van der Waals surface area contributed by atoms with E-state index in [0.29, 0.717) is 16.9 Å². The fourth-order valence-corrected chi connectivity index (χ4v) is 1.80. The van der Waals surface area contributed by atoms with Crippen LogP contribution in [0.2, 0.25) is 0 Å². The van der Waals surface area contributed by atoms with Crippen molar-refractivity contribution in [1.82, 2.24) is 9.78 Å². The molecular formula is C15H15N3O2. The van der Waals surface area contributed by atoms with Gasteiger partial charge in [0, 0.05) is 24.5 Å². The standard InChI is InChI=1S/C15H15N3O2/c1-11-14(10-18(2)17-11)15(20)16-13-7-5-12(6-8-13)4-3-9-19/h5-8,10,19H,9H2,1-2H3,(H,16,20). The maximum atomic E-state index is 12.1. The van der Waals surface area contributed by atoms with Crippen LogP contribution in [0.5, 0.6) is 0 Å². The summed E-state index contributed by atoms with van der Waals surface area (Å²) in [5.41, 5.74) is 2.72. The number of hydrogen-bond acceptors (Lipinski definition) is 3. The number of aryl methyl sites for hydroxylation is 2. The normalized spacial score (nSPS) is 9.75. The minimum Gasteiger partial charge on any atom is -0.384 e. The van der Waals surface area contributed by atoms with Crippen molar-refractivity contribution in [2.24, 2.45) is 7.05 Å². The molecule has 0 fully saturated rings. The third kappa shape index (κ3) is 3.25. The lowest BCUT2D eigenvalue weighted by molar-refractivity contribution is 0.102. The summed E-state index contributed by atoms with van der Waals surface area (Å²) in [6.45, 7) is 1.63. The number of aliphatic hydroxyl groups excluding tert-OH is 1. The van der Waals surface area contributed by atoms with Gasteiger partial charge in [0.15, 0.2) is 0 Å². The van der Waals surface area contributed by atoms with E-state index < -0.39 is 0 Å². The summed E-state index contributed by atoms with van der Waals surface area (Å²) in [6.07, 6.45) is 1.69. The maximum absolute atomic E-state index is 12.1. The number of anilines is 1. The SMILES string of the molecule is Cc1nn(C)cc1C(=O)Nc1ccc(C#CCO)cc1. The lowest BCUT2D eigenvalue weighted by atomic mass is 10.2. The number of aliphatic hydroxyl groups is 1. The molecule has 2 rings (SSSR count). The third-order valence-corrected chi connectivity index (χ3v) is 2.71. The second-order valence-corrected chi connectivity index (χ2v) is 4.29. The minimum atomic E-state index is -0.190. The first kappa shape index (κ1) is 13.8. The molecule has 0 aliphatic rings. The highest BCUT2D eigenvalue weighted by molar-refractivity contribution is 6.04. The monoisotopic (exact) mass is 269 g/mol. The van der Waals surface area contributed by atoms with Crippen LogP contribution in [-0.2, 0) is 7.05 Å². The molecule has 1 amide bonds. The van der Waals surface area contributed by atoms with E-state index in [1.165, 1.54) is 0 Å². The van der Waals surface area contributed by atoms with Crippen LogP contribution < -0.4 is 5.32 Å². The Balaban J connectivity index is 2.10. The fourth-order valence-electron chi connectivity index (χ4n) is 1.80. The first-order valence-electron chi connectivity index (χ1n) is 6.11. The molecule has 0 saturated carbocycles. The molecule has 0 atom stereocenters. The topological polar surface area (TPSA) is 67.2 Å². The zero-order chi connectivity index (χ0) is 14.5. The molecule has 1 aromatic carbocycles. The van der Waals surface area contributed by atoms with Crippen LogP contribution in [-0.4, -0.2) is 27.4 Å². The summed E-state index contributed by atoms with van der Waals surface area (Å²) in [6, 6.07) is 7.11. The van der Waals surface area contributed by atoms with Crippen LogP contribution in [0.3, 0.4) is 0 Å². The van der Waals surface area contributed by atoms with E-state index in [0.717, 1.165) is 5.56 Å². The second kappa shape index (κ2) is 6.04. The van der Waals surface area contributed by atoms with Gasteiger partial charge in [-0.3, -0.25) is 9.48 Å². The summed E-state index contributed by atoms with van der Waals surface area (Å²) in [7, 11) is 1.78. The summed E-state index contributed by atoms with van der Waals surface area (Å²) in [5, 5.41) is 15.6. The van der Waals surface area contributed by atoms with Crippen molar-refractivity contribution in [2.45, 2.75) is 6.92 Å². The zero-order valence-electron chi connectivity index (χ0n) is 11.3. The van der Waals surface area contributed by atoms with Crippen LogP contribution in [0.25, 0.3) is 0 Å². The van der Waals surface area contributed by atoms with Gasteiger partial charge in [0.2, 0.25) is 0 Å². The lowest BCUT2D eigenvalue weighted by Crippen LogP contribution is -2.12. The van der Waals surface area contributed by atoms with Crippen LogP contribution in [0.4, 0.5) is 5.69 Å². The van der Waals surface area contributed by atoms with E-state index in [-0.39, 0.29) is 12.5 Å². The first-order valence-corrected chi connectivity index (χ1v) is 6.11.